The number of aromatic nitrogens is 1. The molecule has 0 spiro atoms. The van der Waals surface area contributed by atoms with Gasteiger partial charge in [-0.15, -0.1) is 11.8 Å². The molecule has 0 unspecified atom stereocenters. The van der Waals surface area contributed by atoms with Gasteiger partial charge in [-0.25, -0.2) is 9.37 Å². The second kappa shape index (κ2) is 9.58. The lowest BCUT2D eigenvalue weighted by Crippen LogP contribution is -2.17. The SMILES string of the molecule is CC#CCCCCOc1cccc(NC(=O)c2cc(C)c(C)nc2N)c1F. The summed E-state index contributed by atoms with van der Waals surface area (Å²) in [6.07, 6.45) is 2.46. The van der Waals surface area contributed by atoms with Gasteiger partial charge in [-0.3, -0.25) is 4.79 Å². The number of nitrogen functional groups attached to an aromatic ring is 1. The van der Waals surface area contributed by atoms with Gasteiger partial charge in [-0.2, -0.15) is 0 Å². The molecule has 1 amide bonds. The Morgan fingerprint density at radius 3 is 2.85 bits per heavy atom. The molecule has 0 fully saturated rings. The molecule has 3 N–H and O–H groups in total. The van der Waals surface area contributed by atoms with Gasteiger partial charge in [0.2, 0.25) is 0 Å². The van der Waals surface area contributed by atoms with Gasteiger partial charge in [0.1, 0.15) is 5.82 Å². The number of halogens is 1. The van der Waals surface area contributed by atoms with E-state index >= 15 is 0 Å². The zero-order valence-electron chi connectivity index (χ0n) is 15.9. The first-order valence-corrected chi connectivity index (χ1v) is 8.80. The van der Waals surface area contributed by atoms with Crippen LogP contribution < -0.4 is 15.8 Å². The van der Waals surface area contributed by atoms with Crippen molar-refractivity contribution in [3.63, 3.8) is 0 Å². The number of ether oxygens (including phenoxy) is 1. The predicted octanol–water partition coefficient (Wildman–Crippen LogP) is 4.24. The second-order valence-electron chi connectivity index (χ2n) is 6.13. The molecule has 0 aliphatic heterocycles. The third-order valence-corrected chi connectivity index (χ3v) is 4.08. The van der Waals surface area contributed by atoms with Crippen molar-refractivity contribution in [3.05, 3.63) is 46.9 Å². The van der Waals surface area contributed by atoms with Crippen LogP contribution in [0.4, 0.5) is 15.9 Å². The van der Waals surface area contributed by atoms with Crippen LogP contribution in [0.1, 0.15) is 47.8 Å². The number of unbranched alkanes of at least 4 members (excludes halogenated alkanes) is 2. The van der Waals surface area contributed by atoms with E-state index in [4.69, 9.17) is 10.5 Å². The summed E-state index contributed by atoms with van der Waals surface area (Å²) in [5, 5.41) is 2.54. The highest BCUT2D eigenvalue weighted by molar-refractivity contribution is 6.07. The van der Waals surface area contributed by atoms with Crippen molar-refractivity contribution in [2.75, 3.05) is 17.7 Å². The molecule has 6 heteroatoms. The average Bonchev–Trinajstić information content (AvgIpc) is 2.63. The zero-order valence-corrected chi connectivity index (χ0v) is 15.9. The Labute approximate surface area is 159 Å². The Morgan fingerprint density at radius 1 is 1.33 bits per heavy atom. The molecule has 0 bridgehead atoms. The number of nitrogens with two attached hydrogens (primary N) is 1. The lowest BCUT2D eigenvalue weighted by molar-refractivity contribution is 0.102. The number of aryl methyl sites for hydroxylation is 2. The van der Waals surface area contributed by atoms with Crippen molar-refractivity contribution in [1.82, 2.24) is 4.98 Å². The molecule has 2 rings (SSSR count). The molecule has 0 saturated carbocycles. The topological polar surface area (TPSA) is 77.2 Å². The van der Waals surface area contributed by atoms with Crippen LogP contribution in [0.5, 0.6) is 5.75 Å². The molecular weight excluding hydrogens is 345 g/mol. The number of amides is 1. The number of hydrogen-bond acceptors (Lipinski definition) is 4. The van der Waals surface area contributed by atoms with Gasteiger partial charge in [0.05, 0.1) is 17.9 Å². The third-order valence-electron chi connectivity index (χ3n) is 4.08. The minimum atomic E-state index is -0.616. The molecule has 1 aromatic heterocycles. The molecule has 0 atom stereocenters. The number of benzene rings is 1. The molecule has 0 radical (unpaired) electrons. The van der Waals surface area contributed by atoms with E-state index in [0.29, 0.717) is 6.61 Å². The third kappa shape index (κ3) is 5.45. The smallest absolute Gasteiger partial charge is 0.259 e. The second-order valence-corrected chi connectivity index (χ2v) is 6.13. The van der Waals surface area contributed by atoms with Crippen molar-refractivity contribution in [1.29, 1.82) is 0 Å². The Hall–Kier alpha value is -3.07. The van der Waals surface area contributed by atoms with Crippen LogP contribution in [0.25, 0.3) is 0 Å². The maximum atomic E-state index is 14.6. The van der Waals surface area contributed by atoms with Gasteiger partial charge >= 0.3 is 0 Å². The van der Waals surface area contributed by atoms with Crippen LogP contribution in [0.15, 0.2) is 24.3 Å². The fourth-order valence-electron chi connectivity index (χ4n) is 2.44. The van der Waals surface area contributed by atoms with Gasteiger partial charge in [0.15, 0.2) is 11.6 Å². The van der Waals surface area contributed by atoms with Crippen molar-refractivity contribution in [3.8, 4) is 17.6 Å². The normalized spacial score (nSPS) is 10.1. The summed E-state index contributed by atoms with van der Waals surface area (Å²) in [7, 11) is 0. The molecule has 1 heterocycles. The highest BCUT2D eigenvalue weighted by Gasteiger charge is 2.16. The summed E-state index contributed by atoms with van der Waals surface area (Å²) in [4.78, 5) is 16.6. The van der Waals surface area contributed by atoms with Crippen LogP contribution >= 0.6 is 0 Å². The van der Waals surface area contributed by atoms with E-state index in [0.717, 1.165) is 30.5 Å². The number of nitrogens with zero attached hydrogens (tertiary/aromatic N) is 1. The summed E-state index contributed by atoms with van der Waals surface area (Å²) >= 11 is 0. The number of carbonyl (C=O) groups is 1. The van der Waals surface area contributed by atoms with Crippen molar-refractivity contribution in [2.24, 2.45) is 0 Å². The summed E-state index contributed by atoms with van der Waals surface area (Å²) in [5.41, 5.74) is 7.65. The van der Waals surface area contributed by atoms with Gasteiger partial charge in [0.25, 0.3) is 5.91 Å². The van der Waals surface area contributed by atoms with E-state index in [1.807, 2.05) is 13.8 Å². The van der Waals surface area contributed by atoms with E-state index in [9.17, 15) is 9.18 Å². The molecule has 0 aliphatic carbocycles. The highest BCUT2D eigenvalue weighted by atomic mass is 19.1. The van der Waals surface area contributed by atoms with E-state index < -0.39 is 11.7 Å². The summed E-state index contributed by atoms with van der Waals surface area (Å²) in [5.74, 6) is 4.88. The molecular formula is C21H24FN3O2. The first-order valence-electron chi connectivity index (χ1n) is 8.80. The Morgan fingerprint density at radius 2 is 2.11 bits per heavy atom. The molecule has 5 nitrogen and oxygen atoms in total. The average molecular weight is 369 g/mol. The quantitative estimate of drug-likeness (QED) is 0.565. The lowest BCUT2D eigenvalue weighted by atomic mass is 10.1. The molecule has 0 aliphatic rings. The van der Waals surface area contributed by atoms with Gasteiger partial charge < -0.3 is 15.8 Å². The first-order chi connectivity index (χ1) is 12.9. The molecule has 142 valence electrons. The number of rotatable bonds is 7. The van der Waals surface area contributed by atoms with Gasteiger partial charge in [-0.1, -0.05) is 6.07 Å². The molecule has 2 aromatic rings. The predicted molar refractivity (Wildman–Crippen MR) is 105 cm³/mol. The summed E-state index contributed by atoms with van der Waals surface area (Å²) in [6.45, 7) is 5.82. The fraction of sp³-hybridized carbons (Fsp3) is 0.333. The largest absolute Gasteiger partial charge is 0.490 e. The van der Waals surface area contributed by atoms with E-state index in [1.165, 1.54) is 12.1 Å². The van der Waals surface area contributed by atoms with E-state index in [1.54, 1.807) is 19.1 Å². The minimum Gasteiger partial charge on any atom is -0.490 e. The summed E-state index contributed by atoms with van der Waals surface area (Å²) in [6, 6.07) is 6.27. The van der Waals surface area contributed by atoms with Gasteiger partial charge in [-0.05, 0) is 57.4 Å². The van der Waals surface area contributed by atoms with Crippen LogP contribution in [0, 0.1) is 31.5 Å². The van der Waals surface area contributed by atoms with Crippen LogP contribution in [-0.2, 0) is 0 Å². The standard InChI is InChI=1S/C21H24FN3O2/c1-4-5-6-7-8-12-27-18-11-9-10-17(19(18)22)25-21(26)16-13-14(2)15(3)24-20(16)23/h9-11,13H,6-8,12H2,1-3H3,(H2,23,24)(H,25,26). The van der Waals surface area contributed by atoms with E-state index in [-0.39, 0.29) is 22.8 Å². The van der Waals surface area contributed by atoms with Crippen molar-refractivity contribution >= 4 is 17.4 Å². The maximum absolute atomic E-state index is 14.6. The number of pyridine rings is 1. The minimum absolute atomic E-state index is 0.0342. The number of nitrogens with one attached hydrogen (secondary N) is 1. The van der Waals surface area contributed by atoms with Gasteiger partial charge in [0, 0.05) is 12.1 Å². The lowest BCUT2D eigenvalue weighted by Gasteiger charge is -2.12. The zero-order chi connectivity index (χ0) is 19.8. The Kier molecular flexibility index (Phi) is 7.18. The monoisotopic (exact) mass is 369 g/mol. The van der Waals surface area contributed by atoms with Crippen LogP contribution in [0.2, 0.25) is 0 Å². The van der Waals surface area contributed by atoms with Crippen LogP contribution in [-0.4, -0.2) is 17.5 Å². The Balaban J connectivity index is 2.05. The fourth-order valence-corrected chi connectivity index (χ4v) is 2.44. The van der Waals surface area contributed by atoms with E-state index in [2.05, 4.69) is 22.1 Å². The van der Waals surface area contributed by atoms with Crippen molar-refractivity contribution < 1.29 is 13.9 Å². The first kappa shape index (κ1) is 20.2. The highest BCUT2D eigenvalue weighted by Crippen LogP contribution is 2.26. The molecule has 27 heavy (non-hydrogen) atoms. The summed E-state index contributed by atoms with van der Waals surface area (Å²) < 4.78 is 20.1. The number of anilines is 2. The van der Waals surface area contributed by atoms with Crippen molar-refractivity contribution in [2.45, 2.75) is 40.0 Å². The number of carbonyl (C=O) groups excluding carboxylic acids is 1. The Bertz CT molecular complexity index is 885. The molecule has 1 aromatic carbocycles. The number of hydrogen-bond donors (Lipinski definition) is 2. The molecule has 0 saturated heterocycles. The van der Waals surface area contributed by atoms with Crippen LogP contribution in [0.3, 0.4) is 0 Å². The maximum Gasteiger partial charge on any atom is 0.259 e.